The van der Waals surface area contributed by atoms with Crippen LogP contribution in [-0.4, -0.2) is 24.8 Å². The molecule has 0 unspecified atom stereocenters. The summed E-state index contributed by atoms with van der Waals surface area (Å²) in [5.74, 6) is 0.243. The van der Waals surface area contributed by atoms with Crippen LogP contribution in [0.1, 0.15) is 59.3 Å². The number of rotatable bonds is 8. The lowest BCUT2D eigenvalue weighted by molar-refractivity contribution is -0.140. The Kier molecular flexibility index (Phi) is 8.23. The van der Waals surface area contributed by atoms with E-state index in [2.05, 4.69) is 25.5 Å². The summed E-state index contributed by atoms with van der Waals surface area (Å²) in [5.41, 5.74) is 0.333. The van der Waals surface area contributed by atoms with Gasteiger partial charge in [-0.15, -0.1) is 0 Å². The zero-order chi connectivity index (χ0) is 13.3. The largest absolute Gasteiger partial charge is 0.469 e. The van der Waals surface area contributed by atoms with Crippen LogP contribution in [0.25, 0.3) is 0 Å². The summed E-state index contributed by atoms with van der Waals surface area (Å²) in [5, 5.41) is 9.29. The van der Waals surface area contributed by atoms with Crippen molar-refractivity contribution in [3.63, 3.8) is 0 Å². The van der Waals surface area contributed by atoms with E-state index >= 15 is 0 Å². The Morgan fingerprint density at radius 3 is 2.35 bits per heavy atom. The Hall–Kier alpha value is -0.570. The van der Waals surface area contributed by atoms with Crippen LogP contribution in [0.2, 0.25) is 0 Å². The number of carbonyl (C=O) groups excluding carboxylic acids is 1. The van der Waals surface area contributed by atoms with Crippen molar-refractivity contribution < 1.29 is 14.6 Å². The summed E-state index contributed by atoms with van der Waals surface area (Å²) in [6.07, 6.45) is 5.55. The molecule has 0 saturated carbocycles. The van der Waals surface area contributed by atoms with E-state index in [-0.39, 0.29) is 12.6 Å². The minimum absolute atomic E-state index is 0.139. The first-order valence-corrected chi connectivity index (χ1v) is 6.56. The predicted molar refractivity (Wildman–Crippen MR) is 69.7 cm³/mol. The van der Waals surface area contributed by atoms with Gasteiger partial charge in [0.2, 0.25) is 0 Å². The van der Waals surface area contributed by atoms with Crippen LogP contribution >= 0.6 is 0 Å². The van der Waals surface area contributed by atoms with Gasteiger partial charge in [-0.3, -0.25) is 4.79 Å². The second kappa shape index (κ2) is 8.51. The van der Waals surface area contributed by atoms with Gasteiger partial charge in [0.25, 0.3) is 0 Å². The Labute approximate surface area is 106 Å². The van der Waals surface area contributed by atoms with Crippen molar-refractivity contribution in [1.29, 1.82) is 0 Å². The van der Waals surface area contributed by atoms with Crippen LogP contribution in [0.5, 0.6) is 0 Å². The predicted octanol–water partition coefficient (Wildman–Crippen LogP) is 3.15. The fourth-order valence-electron chi connectivity index (χ4n) is 1.77. The van der Waals surface area contributed by atoms with Gasteiger partial charge in [0, 0.05) is 13.0 Å². The van der Waals surface area contributed by atoms with Gasteiger partial charge in [-0.2, -0.15) is 0 Å². The molecule has 17 heavy (non-hydrogen) atoms. The van der Waals surface area contributed by atoms with Crippen LogP contribution in [0.4, 0.5) is 0 Å². The lowest BCUT2D eigenvalue weighted by Crippen LogP contribution is -2.12. The van der Waals surface area contributed by atoms with Gasteiger partial charge in [0.15, 0.2) is 0 Å². The molecule has 0 aromatic carbocycles. The smallest absolute Gasteiger partial charge is 0.305 e. The van der Waals surface area contributed by atoms with E-state index in [1.54, 1.807) is 0 Å². The maximum absolute atomic E-state index is 10.9. The van der Waals surface area contributed by atoms with Gasteiger partial charge in [0.05, 0.1) is 7.11 Å². The molecule has 0 spiro atoms. The van der Waals surface area contributed by atoms with E-state index in [4.69, 9.17) is 0 Å². The van der Waals surface area contributed by atoms with E-state index in [1.807, 2.05) is 0 Å². The Morgan fingerprint density at radius 2 is 1.88 bits per heavy atom. The summed E-state index contributed by atoms with van der Waals surface area (Å²) in [7, 11) is 1.42. The van der Waals surface area contributed by atoms with E-state index in [0.717, 1.165) is 32.1 Å². The molecule has 0 heterocycles. The molecule has 0 rings (SSSR count). The lowest BCUT2D eigenvalue weighted by atomic mass is 9.85. The van der Waals surface area contributed by atoms with Crippen LogP contribution in [-0.2, 0) is 9.53 Å². The first-order chi connectivity index (χ1) is 7.89. The average molecular weight is 244 g/mol. The summed E-state index contributed by atoms with van der Waals surface area (Å²) in [4.78, 5) is 10.9. The molecule has 3 heteroatoms. The average Bonchev–Trinajstić information content (AvgIpc) is 2.26. The van der Waals surface area contributed by atoms with Gasteiger partial charge in [0.1, 0.15) is 0 Å². The van der Waals surface area contributed by atoms with Crippen molar-refractivity contribution in [3.8, 4) is 0 Å². The lowest BCUT2D eigenvalue weighted by Gasteiger charge is -2.21. The number of esters is 1. The second-order valence-corrected chi connectivity index (χ2v) is 5.97. The third-order valence-corrected chi connectivity index (χ3v) is 3.03. The SMILES string of the molecule is COC(=O)CCCC[C@@H](CO)CCC(C)(C)C. The molecule has 0 aliphatic heterocycles. The van der Waals surface area contributed by atoms with E-state index in [0.29, 0.717) is 17.8 Å². The normalized spacial score (nSPS) is 13.5. The Bertz CT molecular complexity index is 206. The van der Waals surface area contributed by atoms with Gasteiger partial charge in [-0.1, -0.05) is 27.2 Å². The van der Waals surface area contributed by atoms with Crippen molar-refractivity contribution in [2.45, 2.75) is 59.3 Å². The number of unbranched alkanes of at least 4 members (excludes halogenated alkanes) is 1. The Morgan fingerprint density at radius 1 is 1.24 bits per heavy atom. The van der Waals surface area contributed by atoms with E-state index in [1.165, 1.54) is 7.11 Å². The topological polar surface area (TPSA) is 46.5 Å². The number of aliphatic hydroxyl groups excluding tert-OH is 1. The number of carbonyl (C=O) groups is 1. The second-order valence-electron chi connectivity index (χ2n) is 5.97. The molecule has 0 fully saturated rings. The van der Waals surface area contributed by atoms with Gasteiger partial charge in [-0.05, 0) is 37.0 Å². The van der Waals surface area contributed by atoms with Crippen molar-refractivity contribution in [3.05, 3.63) is 0 Å². The molecule has 0 amide bonds. The molecule has 102 valence electrons. The molecule has 1 N–H and O–H groups in total. The quantitative estimate of drug-likeness (QED) is 0.527. The third kappa shape index (κ3) is 10.3. The van der Waals surface area contributed by atoms with Gasteiger partial charge >= 0.3 is 5.97 Å². The number of hydrogen-bond acceptors (Lipinski definition) is 3. The zero-order valence-corrected chi connectivity index (χ0v) is 11.8. The molecule has 0 bridgehead atoms. The highest BCUT2D eigenvalue weighted by Crippen LogP contribution is 2.25. The van der Waals surface area contributed by atoms with Crippen LogP contribution in [0.3, 0.4) is 0 Å². The minimum Gasteiger partial charge on any atom is -0.469 e. The number of hydrogen-bond donors (Lipinski definition) is 1. The summed E-state index contributed by atoms with van der Waals surface area (Å²) < 4.78 is 4.59. The van der Waals surface area contributed by atoms with Crippen LogP contribution < -0.4 is 0 Å². The summed E-state index contributed by atoms with van der Waals surface area (Å²) >= 11 is 0. The molecule has 1 atom stereocenters. The highest BCUT2D eigenvalue weighted by Gasteiger charge is 2.14. The van der Waals surface area contributed by atoms with E-state index < -0.39 is 0 Å². The molecule has 0 aromatic rings. The monoisotopic (exact) mass is 244 g/mol. The zero-order valence-electron chi connectivity index (χ0n) is 11.8. The van der Waals surface area contributed by atoms with Crippen molar-refractivity contribution in [2.75, 3.05) is 13.7 Å². The van der Waals surface area contributed by atoms with Crippen molar-refractivity contribution >= 4 is 5.97 Å². The molecule has 0 saturated heterocycles. The van der Waals surface area contributed by atoms with E-state index in [9.17, 15) is 9.90 Å². The summed E-state index contributed by atoms with van der Waals surface area (Å²) in [6.45, 7) is 6.92. The first-order valence-electron chi connectivity index (χ1n) is 6.56. The maximum Gasteiger partial charge on any atom is 0.305 e. The molecular weight excluding hydrogens is 216 g/mol. The fourth-order valence-corrected chi connectivity index (χ4v) is 1.77. The fraction of sp³-hybridized carbons (Fsp3) is 0.929. The maximum atomic E-state index is 10.9. The first kappa shape index (κ1) is 16.4. The molecule has 0 aliphatic carbocycles. The van der Waals surface area contributed by atoms with Gasteiger partial charge in [-0.25, -0.2) is 0 Å². The third-order valence-electron chi connectivity index (χ3n) is 3.03. The molecule has 0 radical (unpaired) electrons. The highest BCUT2D eigenvalue weighted by molar-refractivity contribution is 5.68. The molecular formula is C14H28O3. The molecule has 3 nitrogen and oxygen atoms in total. The number of ether oxygens (including phenoxy) is 1. The standard InChI is InChI=1S/C14H28O3/c1-14(2,3)10-9-12(11-15)7-5-6-8-13(16)17-4/h12,15H,5-11H2,1-4H3/t12-/m1/s1. The Balaban J connectivity index is 3.65. The molecule has 0 aromatic heterocycles. The van der Waals surface area contributed by atoms with Crippen LogP contribution in [0.15, 0.2) is 0 Å². The van der Waals surface area contributed by atoms with Gasteiger partial charge < -0.3 is 9.84 Å². The summed E-state index contributed by atoms with van der Waals surface area (Å²) in [6, 6.07) is 0. The minimum atomic E-state index is -0.139. The number of aliphatic hydroxyl groups is 1. The number of methoxy groups -OCH3 is 1. The van der Waals surface area contributed by atoms with Crippen molar-refractivity contribution in [1.82, 2.24) is 0 Å². The molecule has 0 aliphatic rings. The van der Waals surface area contributed by atoms with Crippen LogP contribution in [0, 0.1) is 11.3 Å². The highest BCUT2D eigenvalue weighted by atomic mass is 16.5. The van der Waals surface area contributed by atoms with Crippen molar-refractivity contribution in [2.24, 2.45) is 11.3 Å².